The molecule has 0 aliphatic rings. The van der Waals surface area contributed by atoms with Gasteiger partial charge in [-0.15, -0.1) is 0 Å². The van der Waals surface area contributed by atoms with E-state index >= 15 is 0 Å². The summed E-state index contributed by atoms with van der Waals surface area (Å²) >= 11 is 0. The molecule has 4 heteroatoms. The van der Waals surface area contributed by atoms with Crippen LogP contribution in [-0.4, -0.2) is 24.7 Å². The number of ether oxygens (including phenoxy) is 1. The van der Waals surface area contributed by atoms with Crippen molar-refractivity contribution in [2.45, 2.75) is 19.9 Å². The zero-order chi connectivity index (χ0) is 12.7. The maximum absolute atomic E-state index is 11.7. The number of aliphatic hydroxyl groups is 1. The number of para-hydroxylation sites is 1. The van der Waals surface area contributed by atoms with Crippen molar-refractivity contribution in [3.05, 3.63) is 29.8 Å². The van der Waals surface area contributed by atoms with E-state index < -0.39 is 0 Å². The summed E-state index contributed by atoms with van der Waals surface area (Å²) < 4.78 is 5.19. The average molecular weight is 237 g/mol. The highest BCUT2D eigenvalue weighted by molar-refractivity contribution is 5.78. The minimum absolute atomic E-state index is 0.117. The minimum Gasteiger partial charge on any atom is -0.496 e. The first-order valence-electron chi connectivity index (χ1n) is 5.73. The fraction of sp³-hybridized carbons (Fsp3) is 0.462. The summed E-state index contributed by atoms with van der Waals surface area (Å²) in [7, 11) is 1.60. The van der Waals surface area contributed by atoms with E-state index in [0.717, 1.165) is 11.3 Å². The van der Waals surface area contributed by atoms with E-state index in [-0.39, 0.29) is 18.4 Å². The number of carbonyl (C=O) groups excluding carboxylic acids is 1. The van der Waals surface area contributed by atoms with Gasteiger partial charge in [-0.2, -0.15) is 0 Å². The Balaban J connectivity index is 2.58. The maximum Gasteiger partial charge on any atom is 0.225 e. The smallest absolute Gasteiger partial charge is 0.225 e. The van der Waals surface area contributed by atoms with Gasteiger partial charge in [0.15, 0.2) is 0 Å². The molecule has 1 unspecified atom stereocenters. The average Bonchev–Trinajstić information content (AvgIpc) is 2.38. The number of hydrogen-bond acceptors (Lipinski definition) is 3. The second-order valence-electron chi connectivity index (χ2n) is 3.82. The number of hydrogen-bond donors (Lipinski definition) is 2. The van der Waals surface area contributed by atoms with Crippen LogP contribution < -0.4 is 10.1 Å². The molecule has 0 radical (unpaired) electrons. The Morgan fingerprint density at radius 1 is 1.47 bits per heavy atom. The van der Waals surface area contributed by atoms with E-state index in [1.807, 2.05) is 31.2 Å². The van der Waals surface area contributed by atoms with Gasteiger partial charge in [0.25, 0.3) is 0 Å². The molecule has 1 rings (SSSR count). The van der Waals surface area contributed by atoms with Crippen molar-refractivity contribution in [3.8, 4) is 5.75 Å². The van der Waals surface area contributed by atoms with E-state index in [1.54, 1.807) is 7.11 Å². The number of aliphatic hydroxyl groups excluding tert-OH is 1. The van der Waals surface area contributed by atoms with Crippen molar-refractivity contribution >= 4 is 5.91 Å². The highest BCUT2D eigenvalue weighted by Crippen LogP contribution is 2.16. The van der Waals surface area contributed by atoms with Gasteiger partial charge in [-0.05, 0) is 12.5 Å². The zero-order valence-corrected chi connectivity index (χ0v) is 10.3. The van der Waals surface area contributed by atoms with Crippen LogP contribution in [0.3, 0.4) is 0 Å². The van der Waals surface area contributed by atoms with Crippen LogP contribution in [0.4, 0.5) is 0 Å². The van der Waals surface area contributed by atoms with E-state index in [0.29, 0.717) is 13.0 Å². The van der Waals surface area contributed by atoms with E-state index in [4.69, 9.17) is 9.84 Å². The van der Waals surface area contributed by atoms with Gasteiger partial charge in [0, 0.05) is 12.1 Å². The summed E-state index contributed by atoms with van der Waals surface area (Å²) in [6.07, 6.45) is 0.633. The molecule has 17 heavy (non-hydrogen) atoms. The monoisotopic (exact) mass is 237 g/mol. The number of methoxy groups -OCH3 is 1. The quantitative estimate of drug-likeness (QED) is 0.784. The fourth-order valence-electron chi connectivity index (χ4n) is 1.57. The lowest BCUT2D eigenvalue weighted by atomic mass is 10.1. The van der Waals surface area contributed by atoms with Gasteiger partial charge in [-0.1, -0.05) is 25.1 Å². The van der Waals surface area contributed by atoms with Crippen LogP contribution in [0.5, 0.6) is 5.75 Å². The van der Waals surface area contributed by atoms with Crippen molar-refractivity contribution in [1.29, 1.82) is 0 Å². The summed E-state index contributed by atoms with van der Waals surface area (Å²) in [5.74, 6) is 0.301. The molecule has 1 aromatic carbocycles. The Kier molecular flexibility index (Phi) is 5.49. The first-order valence-corrected chi connectivity index (χ1v) is 5.73. The summed E-state index contributed by atoms with van der Waals surface area (Å²) in [5.41, 5.74) is 0.927. The zero-order valence-electron chi connectivity index (χ0n) is 10.3. The lowest BCUT2D eigenvalue weighted by Crippen LogP contribution is -2.32. The van der Waals surface area contributed by atoms with Crippen molar-refractivity contribution < 1.29 is 14.6 Å². The van der Waals surface area contributed by atoms with Crippen LogP contribution >= 0.6 is 0 Å². The Morgan fingerprint density at radius 3 is 2.76 bits per heavy atom. The fourth-order valence-corrected chi connectivity index (χ4v) is 1.57. The molecular formula is C13H19NO3. The Morgan fingerprint density at radius 2 is 2.18 bits per heavy atom. The first kappa shape index (κ1) is 13.5. The molecule has 0 bridgehead atoms. The molecule has 1 atom stereocenters. The molecule has 0 saturated carbocycles. The number of nitrogens with one attached hydrogen (secondary N) is 1. The van der Waals surface area contributed by atoms with Gasteiger partial charge in [-0.25, -0.2) is 0 Å². The minimum atomic E-state index is -0.329. The number of amides is 1. The number of carbonyl (C=O) groups is 1. The second kappa shape index (κ2) is 6.91. The predicted octanol–water partition coefficient (Wildman–Crippen LogP) is 1.33. The largest absolute Gasteiger partial charge is 0.496 e. The van der Waals surface area contributed by atoms with Crippen LogP contribution in [0.15, 0.2) is 24.3 Å². The van der Waals surface area contributed by atoms with Gasteiger partial charge >= 0.3 is 0 Å². The standard InChI is InChI=1S/C13H19NO3/c1-3-10(9-15)13(16)14-8-11-6-4-5-7-12(11)17-2/h4-7,10,15H,3,8-9H2,1-2H3,(H,14,16). The molecule has 0 heterocycles. The summed E-state index contributed by atoms with van der Waals surface area (Å²) in [6.45, 7) is 2.18. The number of rotatable bonds is 6. The van der Waals surface area contributed by atoms with Crippen LogP contribution in [0.25, 0.3) is 0 Å². The van der Waals surface area contributed by atoms with Crippen molar-refractivity contribution in [3.63, 3.8) is 0 Å². The third kappa shape index (κ3) is 3.75. The topological polar surface area (TPSA) is 58.6 Å². The van der Waals surface area contributed by atoms with Gasteiger partial charge in [0.1, 0.15) is 5.75 Å². The van der Waals surface area contributed by atoms with Gasteiger partial charge in [-0.3, -0.25) is 4.79 Å². The Hall–Kier alpha value is -1.55. The number of benzene rings is 1. The molecule has 1 amide bonds. The molecule has 4 nitrogen and oxygen atoms in total. The van der Waals surface area contributed by atoms with Crippen molar-refractivity contribution in [2.75, 3.05) is 13.7 Å². The van der Waals surface area contributed by atoms with Crippen LogP contribution in [0.1, 0.15) is 18.9 Å². The third-order valence-corrected chi connectivity index (χ3v) is 2.73. The van der Waals surface area contributed by atoms with E-state index in [9.17, 15) is 4.79 Å². The van der Waals surface area contributed by atoms with Gasteiger partial charge in [0.05, 0.1) is 19.6 Å². The molecule has 0 aliphatic carbocycles. The molecule has 2 N–H and O–H groups in total. The van der Waals surface area contributed by atoms with E-state index in [2.05, 4.69) is 5.32 Å². The third-order valence-electron chi connectivity index (χ3n) is 2.73. The Bertz CT molecular complexity index is 361. The normalized spacial score (nSPS) is 11.9. The van der Waals surface area contributed by atoms with E-state index in [1.165, 1.54) is 0 Å². The molecule has 0 aliphatic heterocycles. The molecular weight excluding hydrogens is 218 g/mol. The molecule has 1 aromatic rings. The highest BCUT2D eigenvalue weighted by Gasteiger charge is 2.14. The molecule has 0 spiro atoms. The highest BCUT2D eigenvalue weighted by atomic mass is 16.5. The lowest BCUT2D eigenvalue weighted by molar-refractivity contribution is -0.126. The Labute approximate surface area is 102 Å². The van der Waals surface area contributed by atoms with Crippen LogP contribution in [0.2, 0.25) is 0 Å². The summed E-state index contributed by atoms with van der Waals surface area (Å²) in [4.78, 5) is 11.7. The summed E-state index contributed by atoms with van der Waals surface area (Å²) in [6, 6.07) is 7.53. The van der Waals surface area contributed by atoms with Crippen molar-refractivity contribution in [1.82, 2.24) is 5.32 Å². The van der Waals surface area contributed by atoms with Crippen molar-refractivity contribution in [2.24, 2.45) is 5.92 Å². The van der Waals surface area contributed by atoms with Gasteiger partial charge < -0.3 is 15.2 Å². The van der Waals surface area contributed by atoms with Crippen LogP contribution in [0, 0.1) is 5.92 Å². The maximum atomic E-state index is 11.7. The molecule has 0 fully saturated rings. The first-order chi connectivity index (χ1) is 8.22. The molecule has 0 saturated heterocycles. The molecule has 0 aromatic heterocycles. The molecule has 94 valence electrons. The summed E-state index contributed by atoms with van der Waals surface area (Å²) in [5, 5.41) is 11.8. The lowest BCUT2D eigenvalue weighted by Gasteiger charge is -2.13. The second-order valence-corrected chi connectivity index (χ2v) is 3.82. The predicted molar refractivity (Wildman–Crippen MR) is 65.7 cm³/mol. The van der Waals surface area contributed by atoms with Gasteiger partial charge in [0.2, 0.25) is 5.91 Å². The SMILES string of the molecule is CCC(CO)C(=O)NCc1ccccc1OC. The van der Waals surface area contributed by atoms with Crippen LogP contribution in [-0.2, 0) is 11.3 Å².